The van der Waals surface area contributed by atoms with Crippen molar-refractivity contribution in [3.05, 3.63) is 29.8 Å². The third-order valence-corrected chi connectivity index (χ3v) is 3.00. The molecule has 7 heteroatoms. The highest BCUT2D eigenvalue weighted by Gasteiger charge is 2.10. The molecule has 0 spiro atoms. The van der Waals surface area contributed by atoms with Crippen LogP contribution in [0.5, 0.6) is 0 Å². The van der Waals surface area contributed by atoms with E-state index in [4.69, 9.17) is 0 Å². The Balaban J connectivity index is 1.80. The molecule has 0 aliphatic carbocycles. The molecule has 0 bridgehead atoms. The number of carbonyl (C=O) groups is 1. The number of urea groups is 1. The van der Waals surface area contributed by atoms with Crippen LogP contribution >= 0.6 is 0 Å². The molecule has 7 nitrogen and oxygen atoms in total. The van der Waals surface area contributed by atoms with Gasteiger partial charge >= 0.3 is 6.03 Å². The van der Waals surface area contributed by atoms with Gasteiger partial charge in [-0.3, -0.25) is 9.78 Å². The molecule has 21 heavy (non-hydrogen) atoms. The molecule has 0 saturated heterocycles. The van der Waals surface area contributed by atoms with Gasteiger partial charge in [-0.2, -0.15) is 10.2 Å². The van der Waals surface area contributed by atoms with E-state index in [-0.39, 0.29) is 12.1 Å². The first kappa shape index (κ1) is 15.1. The maximum atomic E-state index is 11.9. The Morgan fingerprint density at radius 3 is 3.00 bits per heavy atom. The second-order valence-electron chi connectivity index (χ2n) is 5.24. The Morgan fingerprint density at radius 1 is 1.52 bits per heavy atom. The van der Waals surface area contributed by atoms with Crippen LogP contribution in [0, 0.1) is 6.92 Å². The molecule has 0 fully saturated rings. The van der Waals surface area contributed by atoms with Crippen LogP contribution in [0.1, 0.15) is 31.7 Å². The van der Waals surface area contributed by atoms with Crippen molar-refractivity contribution in [1.82, 2.24) is 25.3 Å². The van der Waals surface area contributed by atoms with Crippen LogP contribution in [-0.4, -0.2) is 32.1 Å². The van der Waals surface area contributed by atoms with Crippen molar-refractivity contribution in [3.8, 4) is 0 Å². The van der Waals surface area contributed by atoms with E-state index in [0.717, 1.165) is 24.4 Å². The lowest BCUT2D eigenvalue weighted by molar-refractivity contribution is 0.249. The number of amides is 2. The molecule has 0 radical (unpaired) electrons. The number of hydrogen-bond acceptors (Lipinski definition) is 3. The molecule has 1 atom stereocenters. The fourth-order valence-corrected chi connectivity index (χ4v) is 2.11. The summed E-state index contributed by atoms with van der Waals surface area (Å²) in [7, 11) is 0. The van der Waals surface area contributed by atoms with Gasteiger partial charge in [0.15, 0.2) is 0 Å². The van der Waals surface area contributed by atoms with Crippen LogP contribution in [0.4, 0.5) is 10.5 Å². The van der Waals surface area contributed by atoms with Crippen molar-refractivity contribution in [2.75, 3.05) is 5.32 Å². The van der Waals surface area contributed by atoms with E-state index in [1.54, 1.807) is 6.20 Å². The quantitative estimate of drug-likeness (QED) is 0.761. The summed E-state index contributed by atoms with van der Waals surface area (Å²) in [6.07, 6.45) is 5.17. The Kier molecular flexibility index (Phi) is 4.97. The molecule has 114 valence electrons. The van der Waals surface area contributed by atoms with Crippen molar-refractivity contribution < 1.29 is 4.79 Å². The van der Waals surface area contributed by atoms with Gasteiger partial charge in [-0.15, -0.1) is 0 Å². The lowest BCUT2D eigenvalue weighted by Crippen LogP contribution is -2.37. The van der Waals surface area contributed by atoms with Gasteiger partial charge in [-0.05, 0) is 26.3 Å². The number of rotatable bonds is 6. The Labute approximate surface area is 124 Å². The molecule has 0 aliphatic rings. The maximum Gasteiger partial charge on any atom is 0.319 e. The van der Waals surface area contributed by atoms with Crippen LogP contribution in [-0.2, 0) is 13.0 Å². The smallest absolute Gasteiger partial charge is 0.319 e. The lowest BCUT2D eigenvalue weighted by atomic mass is 10.2. The van der Waals surface area contributed by atoms with Gasteiger partial charge in [0.2, 0.25) is 0 Å². The van der Waals surface area contributed by atoms with Gasteiger partial charge in [0, 0.05) is 30.9 Å². The summed E-state index contributed by atoms with van der Waals surface area (Å²) in [6, 6.07) is 1.74. The third-order valence-electron chi connectivity index (χ3n) is 3.00. The van der Waals surface area contributed by atoms with Gasteiger partial charge in [-0.25, -0.2) is 4.79 Å². The standard InChI is InChI=1S/C14H22N6O/c1-4-5-20-9-13(8-15-20)17-14(21)16-10(2)6-12-7-11(3)18-19-12/h7-10H,4-6H2,1-3H3,(H,18,19)(H2,16,17,21). The fourth-order valence-electron chi connectivity index (χ4n) is 2.11. The topological polar surface area (TPSA) is 87.6 Å². The average Bonchev–Trinajstić information content (AvgIpc) is 2.99. The Morgan fingerprint density at radius 2 is 2.33 bits per heavy atom. The van der Waals surface area contributed by atoms with E-state index < -0.39 is 0 Å². The van der Waals surface area contributed by atoms with Crippen LogP contribution in [0.25, 0.3) is 0 Å². The number of aromatic amines is 1. The minimum Gasteiger partial charge on any atom is -0.335 e. The number of nitrogens with zero attached hydrogens (tertiary/aromatic N) is 3. The third kappa shape index (κ3) is 4.62. The van der Waals surface area contributed by atoms with Crippen molar-refractivity contribution >= 4 is 11.7 Å². The number of carbonyl (C=O) groups excluding carboxylic acids is 1. The summed E-state index contributed by atoms with van der Waals surface area (Å²) >= 11 is 0. The molecule has 2 aromatic rings. The second kappa shape index (κ2) is 6.92. The highest BCUT2D eigenvalue weighted by atomic mass is 16.2. The van der Waals surface area contributed by atoms with Crippen molar-refractivity contribution in [2.45, 2.75) is 46.2 Å². The molecule has 2 heterocycles. The highest BCUT2D eigenvalue weighted by molar-refractivity contribution is 5.89. The van der Waals surface area contributed by atoms with E-state index in [2.05, 4.69) is 32.9 Å². The first-order chi connectivity index (χ1) is 10.1. The van der Waals surface area contributed by atoms with Crippen molar-refractivity contribution in [3.63, 3.8) is 0 Å². The second-order valence-corrected chi connectivity index (χ2v) is 5.24. The average molecular weight is 290 g/mol. The van der Waals surface area contributed by atoms with E-state index in [0.29, 0.717) is 12.1 Å². The highest BCUT2D eigenvalue weighted by Crippen LogP contribution is 2.06. The number of hydrogen-bond donors (Lipinski definition) is 3. The lowest BCUT2D eigenvalue weighted by Gasteiger charge is -2.12. The summed E-state index contributed by atoms with van der Waals surface area (Å²) in [5, 5.41) is 16.9. The predicted molar refractivity (Wildman–Crippen MR) is 81.2 cm³/mol. The molecule has 1 unspecified atom stereocenters. The minimum atomic E-state index is -0.231. The summed E-state index contributed by atoms with van der Waals surface area (Å²) in [6.45, 7) is 6.83. The summed E-state index contributed by atoms with van der Waals surface area (Å²) in [5.41, 5.74) is 2.66. The zero-order valence-corrected chi connectivity index (χ0v) is 12.7. The van der Waals surface area contributed by atoms with Gasteiger partial charge in [-0.1, -0.05) is 6.92 Å². The molecule has 2 amide bonds. The number of aromatic nitrogens is 4. The first-order valence-corrected chi connectivity index (χ1v) is 7.17. The largest absolute Gasteiger partial charge is 0.335 e. The van der Waals surface area contributed by atoms with Crippen LogP contribution in [0.15, 0.2) is 18.5 Å². The van der Waals surface area contributed by atoms with Gasteiger partial charge in [0.1, 0.15) is 0 Å². The first-order valence-electron chi connectivity index (χ1n) is 7.17. The molecule has 0 aromatic carbocycles. The van der Waals surface area contributed by atoms with Crippen LogP contribution in [0.3, 0.4) is 0 Å². The van der Waals surface area contributed by atoms with E-state index in [9.17, 15) is 4.79 Å². The zero-order valence-electron chi connectivity index (χ0n) is 12.7. The molecule has 2 rings (SSSR count). The van der Waals surface area contributed by atoms with E-state index >= 15 is 0 Å². The summed E-state index contributed by atoms with van der Waals surface area (Å²) in [4.78, 5) is 11.9. The van der Waals surface area contributed by atoms with Gasteiger partial charge in [0.25, 0.3) is 0 Å². The molecule has 3 N–H and O–H groups in total. The number of nitrogens with one attached hydrogen (secondary N) is 3. The number of aryl methyl sites for hydroxylation is 2. The summed E-state index contributed by atoms with van der Waals surface area (Å²) in [5.74, 6) is 0. The fraction of sp³-hybridized carbons (Fsp3) is 0.500. The number of anilines is 1. The predicted octanol–water partition coefficient (Wildman–Crippen LogP) is 2.08. The summed E-state index contributed by atoms with van der Waals surface area (Å²) < 4.78 is 1.81. The molecular weight excluding hydrogens is 268 g/mol. The molecular formula is C14H22N6O. The maximum absolute atomic E-state index is 11.9. The SMILES string of the molecule is CCCn1cc(NC(=O)NC(C)Cc2cc(C)[nH]n2)cn1. The van der Waals surface area contributed by atoms with E-state index in [1.807, 2.05) is 30.8 Å². The Bertz CT molecular complexity index is 588. The van der Waals surface area contributed by atoms with Crippen molar-refractivity contribution in [1.29, 1.82) is 0 Å². The molecule has 0 saturated carbocycles. The molecule has 0 aliphatic heterocycles. The monoisotopic (exact) mass is 290 g/mol. The van der Waals surface area contributed by atoms with Gasteiger partial charge in [0.05, 0.1) is 17.6 Å². The molecule has 2 aromatic heterocycles. The van der Waals surface area contributed by atoms with E-state index in [1.165, 1.54) is 0 Å². The zero-order chi connectivity index (χ0) is 15.2. The number of H-pyrrole nitrogens is 1. The normalized spacial score (nSPS) is 12.1. The Hall–Kier alpha value is -2.31. The minimum absolute atomic E-state index is 0.00149. The van der Waals surface area contributed by atoms with Crippen molar-refractivity contribution in [2.24, 2.45) is 0 Å². The van der Waals surface area contributed by atoms with Crippen LogP contribution < -0.4 is 10.6 Å². The van der Waals surface area contributed by atoms with Crippen LogP contribution in [0.2, 0.25) is 0 Å². The van der Waals surface area contributed by atoms with Gasteiger partial charge < -0.3 is 10.6 Å².